The Morgan fingerprint density at radius 3 is 3.06 bits per heavy atom. The number of hydrogen-bond acceptors (Lipinski definition) is 4. The maximum atomic E-state index is 5.67. The van der Waals surface area contributed by atoms with Crippen LogP contribution in [0.15, 0.2) is 22.6 Å². The van der Waals surface area contributed by atoms with Gasteiger partial charge in [-0.05, 0) is 24.6 Å². The van der Waals surface area contributed by atoms with Crippen LogP contribution < -0.4 is 0 Å². The molecule has 1 unspecified atom stereocenters. The third-order valence-electron chi connectivity index (χ3n) is 2.65. The average Bonchev–Trinajstić information content (AvgIpc) is 2.73. The van der Waals surface area contributed by atoms with Crippen molar-refractivity contribution in [3.05, 3.63) is 29.7 Å². The number of nitrogens with zero attached hydrogens (tertiary/aromatic N) is 1. The van der Waals surface area contributed by atoms with Crippen molar-refractivity contribution < 1.29 is 13.9 Å². The number of aromatic nitrogens is 1. The van der Waals surface area contributed by atoms with Crippen molar-refractivity contribution in [1.82, 2.24) is 4.98 Å². The van der Waals surface area contributed by atoms with Crippen molar-refractivity contribution in [2.75, 3.05) is 19.8 Å². The van der Waals surface area contributed by atoms with Crippen LogP contribution in [0.25, 0.3) is 11.1 Å². The smallest absolute Gasteiger partial charge is 0.227 e. The molecule has 0 bridgehead atoms. The molecule has 1 fully saturated rings. The van der Waals surface area contributed by atoms with Crippen molar-refractivity contribution in [2.24, 2.45) is 0 Å². The first-order valence-electron chi connectivity index (χ1n) is 5.39. The predicted octanol–water partition coefficient (Wildman–Crippen LogP) is 2.22. The molecule has 1 aliphatic heterocycles. The van der Waals surface area contributed by atoms with E-state index >= 15 is 0 Å². The summed E-state index contributed by atoms with van der Waals surface area (Å²) < 4.78 is 16.5. The second-order valence-corrected chi connectivity index (χ2v) is 3.96. The Labute approximate surface area is 93.2 Å². The molecule has 0 amide bonds. The van der Waals surface area contributed by atoms with Crippen molar-refractivity contribution in [1.29, 1.82) is 0 Å². The molecular weight excluding hydrogens is 206 g/mol. The molecular formula is C12H13NO3. The lowest BCUT2D eigenvalue weighted by atomic mass is 10.2. The van der Waals surface area contributed by atoms with Gasteiger partial charge < -0.3 is 13.9 Å². The fourth-order valence-electron chi connectivity index (χ4n) is 1.82. The predicted molar refractivity (Wildman–Crippen MR) is 58.3 cm³/mol. The van der Waals surface area contributed by atoms with Gasteiger partial charge >= 0.3 is 0 Å². The molecule has 0 saturated carbocycles. The van der Waals surface area contributed by atoms with E-state index in [-0.39, 0.29) is 6.10 Å². The Morgan fingerprint density at radius 1 is 1.31 bits per heavy atom. The summed E-state index contributed by atoms with van der Waals surface area (Å²) in [5.41, 5.74) is 2.84. The number of ether oxygens (including phenoxy) is 2. The van der Waals surface area contributed by atoms with E-state index < -0.39 is 0 Å². The molecule has 4 heteroatoms. The van der Waals surface area contributed by atoms with Crippen LogP contribution in [0.1, 0.15) is 17.6 Å². The molecule has 84 valence electrons. The van der Waals surface area contributed by atoms with Gasteiger partial charge in [0.15, 0.2) is 11.7 Å². The lowest BCUT2D eigenvalue weighted by Crippen LogP contribution is -2.22. The van der Waals surface area contributed by atoms with Crippen molar-refractivity contribution >= 4 is 11.1 Å². The van der Waals surface area contributed by atoms with Crippen LogP contribution in [0.4, 0.5) is 0 Å². The van der Waals surface area contributed by atoms with Gasteiger partial charge in [0.25, 0.3) is 0 Å². The second kappa shape index (κ2) is 3.88. The number of aryl methyl sites for hydroxylation is 1. The van der Waals surface area contributed by atoms with E-state index in [0.717, 1.165) is 16.7 Å². The van der Waals surface area contributed by atoms with E-state index in [9.17, 15) is 0 Å². The zero-order chi connectivity index (χ0) is 11.0. The van der Waals surface area contributed by atoms with Crippen LogP contribution in [0.5, 0.6) is 0 Å². The minimum absolute atomic E-state index is 0.165. The van der Waals surface area contributed by atoms with Crippen LogP contribution in [0, 0.1) is 6.92 Å². The first kappa shape index (κ1) is 9.81. The Balaban J connectivity index is 1.97. The lowest BCUT2D eigenvalue weighted by Gasteiger charge is -2.19. The van der Waals surface area contributed by atoms with Crippen molar-refractivity contribution in [3.8, 4) is 0 Å². The maximum Gasteiger partial charge on any atom is 0.227 e. The second-order valence-electron chi connectivity index (χ2n) is 3.96. The normalized spacial score (nSPS) is 21.4. The van der Waals surface area contributed by atoms with Crippen LogP contribution in [-0.4, -0.2) is 24.8 Å². The molecule has 2 heterocycles. The van der Waals surface area contributed by atoms with Crippen molar-refractivity contribution in [3.63, 3.8) is 0 Å². The van der Waals surface area contributed by atoms with Crippen LogP contribution >= 0.6 is 0 Å². The quantitative estimate of drug-likeness (QED) is 0.737. The summed E-state index contributed by atoms with van der Waals surface area (Å²) in [6.45, 7) is 3.80. The zero-order valence-electron chi connectivity index (χ0n) is 9.10. The van der Waals surface area contributed by atoms with E-state index in [0.29, 0.717) is 25.7 Å². The monoisotopic (exact) mass is 219 g/mol. The number of hydrogen-bond donors (Lipinski definition) is 0. The van der Waals surface area contributed by atoms with E-state index in [1.807, 2.05) is 25.1 Å². The minimum atomic E-state index is -0.165. The lowest BCUT2D eigenvalue weighted by molar-refractivity contribution is -0.0991. The van der Waals surface area contributed by atoms with Crippen LogP contribution in [-0.2, 0) is 9.47 Å². The molecule has 0 N–H and O–H groups in total. The minimum Gasteiger partial charge on any atom is -0.438 e. The van der Waals surface area contributed by atoms with Gasteiger partial charge in [-0.2, -0.15) is 0 Å². The number of rotatable bonds is 1. The zero-order valence-corrected chi connectivity index (χ0v) is 9.10. The summed E-state index contributed by atoms with van der Waals surface area (Å²) in [5.74, 6) is 0.611. The summed E-state index contributed by atoms with van der Waals surface area (Å²) in [6.07, 6.45) is -0.165. The third kappa shape index (κ3) is 1.70. The third-order valence-corrected chi connectivity index (χ3v) is 2.65. The first-order valence-corrected chi connectivity index (χ1v) is 5.39. The van der Waals surface area contributed by atoms with Gasteiger partial charge in [0.05, 0.1) is 19.8 Å². The molecule has 1 atom stereocenters. The molecule has 1 aromatic heterocycles. The molecule has 16 heavy (non-hydrogen) atoms. The van der Waals surface area contributed by atoms with Gasteiger partial charge in [0, 0.05) is 0 Å². The standard InChI is InChI=1S/C12H13NO3/c1-8-2-3-9-10(6-8)16-12(13-9)11-7-14-4-5-15-11/h2-3,6,11H,4-5,7H2,1H3. The highest BCUT2D eigenvalue weighted by Gasteiger charge is 2.22. The topological polar surface area (TPSA) is 44.5 Å². The molecule has 0 aliphatic carbocycles. The molecule has 4 nitrogen and oxygen atoms in total. The molecule has 2 aromatic rings. The summed E-state index contributed by atoms with van der Waals surface area (Å²) in [5, 5.41) is 0. The van der Waals surface area contributed by atoms with Gasteiger partial charge in [-0.1, -0.05) is 6.07 Å². The molecule has 1 aliphatic rings. The van der Waals surface area contributed by atoms with Crippen LogP contribution in [0.2, 0.25) is 0 Å². The Bertz CT molecular complexity index is 500. The summed E-state index contributed by atoms with van der Waals surface area (Å²) >= 11 is 0. The molecule has 1 aromatic carbocycles. The molecule has 0 radical (unpaired) electrons. The average molecular weight is 219 g/mol. The fraction of sp³-hybridized carbons (Fsp3) is 0.417. The summed E-state index contributed by atoms with van der Waals surface area (Å²) in [7, 11) is 0. The van der Waals surface area contributed by atoms with E-state index in [4.69, 9.17) is 13.9 Å². The van der Waals surface area contributed by atoms with Gasteiger partial charge in [0.2, 0.25) is 5.89 Å². The largest absolute Gasteiger partial charge is 0.438 e. The Morgan fingerprint density at radius 2 is 2.25 bits per heavy atom. The SMILES string of the molecule is Cc1ccc2nc(C3COCCO3)oc2c1. The summed E-state index contributed by atoms with van der Waals surface area (Å²) in [6, 6.07) is 5.96. The highest BCUT2D eigenvalue weighted by molar-refractivity contribution is 5.73. The van der Waals surface area contributed by atoms with Crippen molar-refractivity contribution in [2.45, 2.75) is 13.0 Å². The highest BCUT2D eigenvalue weighted by atomic mass is 16.6. The number of fused-ring (bicyclic) bond motifs is 1. The van der Waals surface area contributed by atoms with Gasteiger partial charge in [-0.15, -0.1) is 0 Å². The van der Waals surface area contributed by atoms with E-state index in [1.165, 1.54) is 0 Å². The Kier molecular flexibility index (Phi) is 2.38. The highest BCUT2D eigenvalue weighted by Crippen LogP contribution is 2.24. The van der Waals surface area contributed by atoms with E-state index in [2.05, 4.69) is 4.98 Å². The first-order chi connectivity index (χ1) is 7.83. The van der Waals surface area contributed by atoms with E-state index in [1.54, 1.807) is 0 Å². The van der Waals surface area contributed by atoms with Gasteiger partial charge in [0.1, 0.15) is 5.52 Å². The molecule has 0 spiro atoms. The summed E-state index contributed by atoms with van der Waals surface area (Å²) in [4.78, 5) is 4.41. The maximum absolute atomic E-state index is 5.67. The molecule has 1 saturated heterocycles. The number of benzene rings is 1. The van der Waals surface area contributed by atoms with Crippen LogP contribution in [0.3, 0.4) is 0 Å². The van der Waals surface area contributed by atoms with Gasteiger partial charge in [-0.3, -0.25) is 0 Å². The van der Waals surface area contributed by atoms with Gasteiger partial charge in [-0.25, -0.2) is 4.98 Å². The molecule has 3 rings (SSSR count). The Hall–Kier alpha value is -1.39. The fourth-order valence-corrected chi connectivity index (χ4v) is 1.82. The number of oxazole rings is 1.